The van der Waals surface area contributed by atoms with Crippen LogP contribution in [0.1, 0.15) is 6.42 Å². The topological polar surface area (TPSA) is 32.3 Å². The van der Waals surface area contributed by atoms with Gasteiger partial charge in [0.05, 0.1) is 0 Å². The highest BCUT2D eigenvalue weighted by Gasteiger charge is 2.15. The zero-order chi connectivity index (χ0) is 9.10. The molecule has 1 heterocycles. The average Bonchev–Trinajstić information content (AvgIpc) is 2.57. The lowest BCUT2D eigenvalue weighted by Crippen LogP contribution is -2.09. The third-order valence-corrected chi connectivity index (χ3v) is 3.40. The van der Waals surface area contributed by atoms with E-state index in [-0.39, 0.29) is 12.4 Å². The standard InChI is InChI=1S/C10H13NOS.ClH/c12-8-2-1-3-9(6-8)13-10-4-5-11-7-10;/h1-3,6,10-12H,4-5,7H2;1H. The summed E-state index contributed by atoms with van der Waals surface area (Å²) in [6.45, 7) is 2.21. The van der Waals surface area contributed by atoms with Crippen molar-refractivity contribution in [1.82, 2.24) is 5.32 Å². The maximum absolute atomic E-state index is 9.26. The van der Waals surface area contributed by atoms with Gasteiger partial charge < -0.3 is 10.4 Å². The molecular weight excluding hydrogens is 218 g/mol. The normalized spacial score (nSPS) is 20.4. The first-order valence-corrected chi connectivity index (χ1v) is 5.39. The number of benzene rings is 1. The van der Waals surface area contributed by atoms with Gasteiger partial charge in [-0.2, -0.15) is 0 Å². The molecule has 4 heteroatoms. The van der Waals surface area contributed by atoms with Gasteiger partial charge in [-0.1, -0.05) is 6.07 Å². The van der Waals surface area contributed by atoms with E-state index in [1.807, 2.05) is 30.0 Å². The van der Waals surface area contributed by atoms with Crippen LogP contribution < -0.4 is 5.32 Å². The highest BCUT2D eigenvalue weighted by Crippen LogP contribution is 2.28. The van der Waals surface area contributed by atoms with Gasteiger partial charge in [-0.05, 0) is 31.2 Å². The van der Waals surface area contributed by atoms with Gasteiger partial charge in [-0.3, -0.25) is 0 Å². The first kappa shape index (κ1) is 11.7. The minimum absolute atomic E-state index is 0. The van der Waals surface area contributed by atoms with Crippen molar-refractivity contribution in [1.29, 1.82) is 0 Å². The van der Waals surface area contributed by atoms with Gasteiger partial charge in [0.25, 0.3) is 0 Å². The summed E-state index contributed by atoms with van der Waals surface area (Å²) < 4.78 is 0. The molecule has 0 bridgehead atoms. The van der Waals surface area contributed by atoms with Crippen molar-refractivity contribution < 1.29 is 5.11 Å². The Labute approximate surface area is 94.5 Å². The molecule has 1 aromatic carbocycles. The summed E-state index contributed by atoms with van der Waals surface area (Å²) in [4.78, 5) is 1.16. The third kappa shape index (κ3) is 3.08. The van der Waals surface area contributed by atoms with Crippen molar-refractivity contribution >= 4 is 24.2 Å². The molecule has 2 nitrogen and oxygen atoms in total. The molecule has 1 saturated heterocycles. The van der Waals surface area contributed by atoms with Gasteiger partial charge in [-0.25, -0.2) is 0 Å². The highest BCUT2D eigenvalue weighted by molar-refractivity contribution is 8.00. The molecule has 1 unspecified atom stereocenters. The second-order valence-corrected chi connectivity index (χ2v) is 4.60. The van der Waals surface area contributed by atoms with Gasteiger partial charge >= 0.3 is 0 Å². The largest absolute Gasteiger partial charge is 0.508 e. The molecule has 0 radical (unpaired) electrons. The van der Waals surface area contributed by atoms with Crippen LogP contribution in [0.25, 0.3) is 0 Å². The number of hydrogen-bond donors (Lipinski definition) is 2. The van der Waals surface area contributed by atoms with Gasteiger partial charge in [0, 0.05) is 16.7 Å². The van der Waals surface area contributed by atoms with Crippen molar-refractivity contribution in [3.63, 3.8) is 0 Å². The minimum atomic E-state index is 0. The van der Waals surface area contributed by atoms with Crippen LogP contribution in [0.4, 0.5) is 0 Å². The zero-order valence-electron chi connectivity index (χ0n) is 7.77. The molecule has 0 saturated carbocycles. The fraction of sp³-hybridized carbons (Fsp3) is 0.400. The maximum atomic E-state index is 9.26. The number of rotatable bonds is 2. The van der Waals surface area contributed by atoms with Crippen LogP contribution in [-0.4, -0.2) is 23.4 Å². The van der Waals surface area contributed by atoms with E-state index in [0.717, 1.165) is 18.0 Å². The lowest BCUT2D eigenvalue weighted by atomic mass is 10.3. The number of phenolic OH excluding ortho intramolecular Hbond substituents is 1. The summed E-state index contributed by atoms with van der Waals surface area (Å²) >= 11 is 1.84. The Kier molecular flexibility index (Phi) is 4.58. The molecule has 0 amide bonds. The molecule has 1 aliphatic rings. The number of nitrogens with one attached hydrogen (secondary N) is 1. The lowest BCUT2D eigenvalue weighted by molar-refractivity contribution is 0.474. The Morgan fingerprint density at radius 3 is 2.93 bits per heavy atom. The monoisotopic (exact) mass is 231 g/mol. The molecule has 14 heavy (non-hydrogen) atoms. The molecule has 1 fully saturated rings. The average molecular weight is 232 g/mol. The fourth-order valence-corrected chi connectivity index (χ4v) is 2.65. The minimum Gasteiger partial charge on any atom is -0.508 e. The maximum Gasteiger partial charge on any atom is 0.116 e. The molecule has 1 atom stereocenters. The van der Waals surface area contributed by atoms with Crippen molar-refractivity contribution in [3.8, 4) is 5.75 Å². The number of phenols is 1. The fourth-order valence-electron chi connectivity index (χ4n) is 1.48. The van der Waals surface area contributed by atoms with E-state index in [1.165, 1.54) is 6.42 Å². The smallest absolute Gasteiger partial charge is 0.116 e. The van der Waals surface area contributed by atoms with Crippen LogP contribution in [0.3, 0.4) is 0 Å². The number of aromatic hydroxyl groups is 1. The van der Waals surface area contributed by atoms with Gasteiger partial charge in [0.15, 0.2) is 0 Å². The number of halogens is 1. The number of hydrogen-bond acceptors (Lipinski definition) is 3. The van der Waals surface area contributed by atoms with Crippen LogP contribution in [0, 0.1) is 0 Å². The molecule has 2 N–H and O–H groups in total. The summed E-state index contributed by atoms with van der Waals surface area (Å²) in [5.41, 5.74) is 0. The highest BCUT2D eigenvalue weighted by atomic mass is 35.5. The van der Waals surface area contributed by atoms with E-state index >= 15 is 0 Å². The molecule has 78 valence electrons. The predicted octanol–water partition coefficient (Wildman–Crippen LogP) is 2.27. The lowest BCUT2D eigenvalue weighted by Gasteiger charge is -2.07. The summed E-state index contributed by atoms with van der Waals surface area (Å²) in [6, 6.07) is 7.46. The van der Waals surface area contributed by atoms with Gasteiger partial charge in [-0.15, -0.1) is 24.2 Å². The van der Waals surface area contributed by atoms with E-state index < -0.39 is 0 Å². The predicted molar refractivity (Wildman–Crippen MR) is 62.5 cm³/mol. The van der Waals surface area contributed by atoms with Crippen molar-refractivity contribution in [2.75, 3.05) is 13.1 Å². The van der Waals surface area contributed by atoms with Crippen LogP contribution >= 0.6 is 24.2 Å². The van der Waals surface area contributed by atoms with E-state index in [1.54, 1.807) is 6.07 Å². The molecule has 0 aliphatic carbocycles. The Balaban J connectivity index is 0.000000980. The first-order chi connectivity index (χ1) is 6.34. The Morgan fingerprint density at radius 2 is 2.29 bits per heavy atom. The molecule has 2 rings (SSSR count). The van der Waals surface area contributed by atoms with E-state index in [9.17, 15) is 5.11 Å². The second-order valence-electron chi connectivity index (χ2n) is 3.23. The molecule has 0 aromatic heterocycles. The molecule has 0 spiro atoms. The summed E-state index contributed by atoms with van der Waals surface area (Å²) in [5.74, 6) is 0.357. The first-order valence-electron chi connectivity index (χ1n) is 4.51. The van der Waals surface area contributed by atoms with E-state index in [0.29, 0.717) is 11.0 Å². The Hall–Kier alpha value is -0.380. The summed E-state index contributed by atoms with van der Waals surface area (Å²) in [7, 11) is 0. The third-order valence-electron chi connectivity index (χ3n) is 2.14. The summed E-state index contributed by atoms with van der Waals surface area (Å²) in [6.07, 6.45) is 1.22. The van der Waals surface area contributed by atoms with Crippen LogP contribution in [0.15, 0.2) is 29.2 Å². The van der Waals surface area contributed by atoms with E-state index in [2.05, 4.69) is 5.32 Å². The zero-order valence-corrected chi connectivity index (χ0v) is 9.40. The van der Waals surface area contributed by atoms with Crippen molar-refractivity contribution in [2.45, 2.75) is 16.6 Å². The Bertz CT molecular complexity index is 289. The van der Waals surface area contributed by atoms with E-state index in [4.69, 9.17) is 0 Å². The van der Waals surface area contributed by atoms with Crippen LogP contribution in [0.5, 0.6) is 5.75 Å². The van der Waals surface area contributed by atoms with Gasteiger partial charge in [0.1, 0.15) is 5.75 Å². The van der Waals surface area contributed by atoms with Crippen molar-refractivity contribution in [3.05, 3.63) is 24.3 Å². The van der Waals surface area contributed by atoms with Gasteiger partial charge in [0.2, 0.25) is 0 Å². The molecule has 1 aliphatic heterocycles. The van der Waals surface area contributed by atoms with Crippen LogP contribution in [-0.2, 0) is 0 Å². The second kappa shape index (κ2) is 5.49. The summed E-state index contributed by atoms with van der Waals surface area (Å²) in [5, 5.41) is 13.3. The SMILES string of the molecule is Cl.Oc1cccc(SC2CCNC2)c1. The molecule has 1 aromatic rings. The van der Waals surface area contributed by atoms with Crippen molar-refractivity contribution in [2.24, 2.45) is 0 Å². The molecular formula is C10H14ClNOS. The van der Waals surface area contributed by atoms with Crippen LogP contribution in [0.2, 0.25) is 0 Å². The Morgan fingerprint density at radius 1 is 1.43 bits per heavy atom. The quantitative estimate of drug-likeness (QED) is 0.819. The number of thioether (sulfide) groups is 1.